The van der Waals surface area contributed by atoms with Crippen LogP contribution in [0.3, 0.4) is 0 Å². The molecule has 9 nitrogen and oxygen atoms in total. The van der Waals surface area contributed by atoms with Crippen LogP contribution in [0.5, 0.6) is 5.75 Å². The van der Waals surface area contributed by atoms with Crippen molar-refractivity contribution >= 4 is 32.5 Å². The van der Waals surface area contributed by atoms with Gasteiger partial charge in [-0.1, -0.05) is 6.07 Å². The van der Waals surface area contributed by atoms with E-state index < -0.39 is 9.84 Å². The molecule has 1 aliphatic rings. The van der Waals surface area contributed by atoms with Crippen LogP contribution in [0.1, 0.15) is 34.1 Å². The molecule has 0 radical (unpaired) electrons. The van der Waals surface area contributed by atoms with Gasteiger partial charge in [0.05, 0.1) is 53.3 Å². The molecule has 4 heterocycles. The van der Waals surface area contributed by atoms with Crippen LogP contribution in [0, 0.1) is 13.8 Å². The summed E-state index contributed by atoms with van der Waals surface area (Å²) in [6.45, 7) is 3.72. The van der Waals surface area contributed by atoms with Gasteiger partial charge in [0.25, 0.3) is 5.91 Å². The molecule has 5 rings (SSSR count). The van der Waals surface area contributed by atoms with E-state index in [0.29, 0.717) is 51.6 Å². The number of fused-ring (bicyclic) bond motifs is 1. The molecule has 176 valence electrons. The maximum atomic E-state index is 13.6. The van der Waals surface area contributed by atoms with Gasteiger partial charge < -0.3 is 14.5 Å². The third-order valence-corrected chi connectivity index (χ3v) is 7.76. The molecule has 10 heteroatoms. The van der Waals surface area contributed by atoms with E-state index in [4.69, 9.17) is 14.1 Å². The van der Waals surface area contributed by atoms with Gasteiger partial charge in [-0.2, -0.15) is 5.10 Å². The molecular formula is C24H24N4O5S. The number of nitrogens with one attached hydrogen (secondary N) is 1. The van der Waals surface area contributed by atoms with Gasteiger partial charge in [-0.15, -0.1) is 0 Å². The van der Waals surface area contributed by atoms with Crippen LogP contribution in [0.2, 0.25) is 0 Å². The first-order valence-corrected chi connectivity index (χ1v) is 12.7. The molecule has 1 unspecified atom stereocenters. The van der Waals surface area contributed by atoms with E-state index in [1.807, 2.05) is 19.1 Å². The number of anilines is 1. The van der Waals surface area contributed by atoms with Gasteiger partial charge in [-0.3, -0.25) is 4.79 Å². The van der Waals surface area contributed by atoms with Crippen LogP contribution in [0.4, 0.5) is 5.69 Å². The Balaban J connectivity index is 1.66. The summed E-state index contributed by atoms with van der Waals surface area (Å²) in [7, 11) is -1.59. The van der Waals surface area contributed by atoms with Crippen LogP contribution in [0.15, 0.2) is 47.1 Å². The molecule has 1 aliphatic heterocycles. The van der Waals surface area contributed by atoms with E-state index >= 15 is 0 Å². The molecule has 1 saturated heterocycles. The molecule has 3 aromatic heterocycles. The van der Waals surface area contributed by atoms with Gasteiger partial charge in [0.2, 0.25) is 0 Å². The lowest BCUT2D eigenvalue weighted by molar-refractivity contribution is 0.102. The Hall–Kier alpha value is -3.66. The highest BCUT2D eigenvalue weighted by Gasteiger charge is 2.32. The topological polar surface area (TPSA) is 116 Å². The van der Waals surface area contributed by atoms with E-state index in [9.17, 15) is 13.2 Å². The van der Waals surface area contributed by atoms with E-state index in [-0.39, 0.29) is 23.5 Å². The highest BCUT2D eigenvalue weighted by Crippen LogP contribution is 2.33. The number of furan rings is 1. The maximum absolute atomic E-state index is 13.6. The van der Waals surface area contributed by atoms with Gasteiger partial charge in [0, 0.05) is 0 Å². The second-order valence-corrected chi connectivity index (χ2v) is 10.7. The summed E-state index contributed by atoms with van der Waals surface area (Å²) >= 11 is 0. The van der Waals surface area contributed by atoms with Crippen LogP contribution >= 0.6 is 0 Å². The number of ether oxygens (including phenoxy) is 1. The van der Waals surface area contributed by atoms with Crippen molar-refractivity contribution in [1.29, 1.82) is 0 Å². The smallest absolute Gasteiger partial charge is 0.256 e. The summed E-state index contributed by atoms with van der Waals surface area (Å²) < 4.78 is 36.8. The molecule has 0 bridgehead atoms. The second-order valence-electron chi connectivity index (χ2n) is 8.48. The lowest BCUT2D eigenvalue weighted by Crippen LogP contribution is -2.15. The van der Waals surface area contributed by atoms with E-state index in [1.165, 1.54) is 6.26 Å². The third-order valence-electron chi connectivity index (χ3n) is 6.01. The van der Waals surface area contributed by atoms with Crippen LogP contribution in [-0.2, 0) is 9.84 Å². The number of rotatable bonds is 5. The van der Waals surface area contributed by atoms with E-state index in [2.05, 4.69) is 10.4 Å². The molecule has 0 saturated carbocycles. The standard InChI is InChI=1S/C24H24N4O5S/c1-14-6-7-20(32-3)18(11-14)26-24(29)17-12-19(21-5-4-9-33-21)25-23-22(17)15(2)27-28(23)16-8-10-34(30,31)13-16/h4-7,9,11-12,16H,8,10,13H2,1-3H3,(H,26,29). The normalized spacial score (nSPS) is 17.2. The Labute approximate surface area is 196 Å². The van der Waals surface area contributed by atoms with Gasteiger partial charge in [-0.25, -0.2) is 18.1 Å². The molecule has 1 atom stereocenters. The Morgan fingerprint density at radius 1 is 1.24 bits per heavy atom. The monoisotopic (exact) mass is 480 g/mol. The summed E-state index contributed by atoms with van der Waals surface area (Å²) in [6, 6.07) is 10.4. The minimum atomic E-state index is -3.14. The van der Waals surface area contributed by atoms with Crippen molar-refractivity contribution in [3.63, 3.8) is 0 Å². The number of aryl methyl sites for hydroxylation is 2. The predicted octanol–water partition coefficient (Wildman–Crippen LogP) is 3.93. The molecular weight excluding hydrogens is 456 g/mol. The highest BCUT2D eigenvalue weighted by molar-refractivity contribution is 7.91. The molecule has 1 amide bonds. The number of aromatic nitrogens is 3. The van der Waals surface area contributed by atoms with Crippen molar-refractivity contribution in [2.45, 2.75) is 26.3 Å². The molecule has 0 spiro atoms. The number of pyridine rings is 1. The number of nitrogens with zero attached hydrogens (tertiary/aromatic N) is 3. The predicted molar refractivity (Wildman–Crippen MR) is 128 cm³/mol. The molecule has 0 aliphatic carbocycles. The van der Waals surface area contributed by atoms with Crippen molar-refractivity contribution in [2.24, 2.45) is 0 Å². The Morgan fingerprint density at radius 3 is 2.74 bits per heavy atom. The number of carbonyl (C=O) groups is 1. The average Bonchev–Trinajstić information content (AvgIpc) is 3.53. The van der Waals surface area contributed by atoms with Crippen molar-refractivity contribution < 1.29 is 22.4 Å². The number of hydrogen-bond acceptors (Lipinski definition) is 7. The number of hydrogen-bond donors (Lipinski definition) is 1. The molecule has 1 N–H and O–H groups in total. The molecule has 1 aromatic carbocycles. The number of methoxy groups -OCH3 is 1. The third kappa shape index (κ3) is 3.94. The molecule has 1 fully saturated rings. The quantitative estimate of drug-likeness (QED) is 0.460. The van der Waals surface area contributed by atoms with Crippen LogP contribution < -0.4 is 10.1 Å². The fourth-order valence-corrected chi connectivity index (χ4v) is 6.07. The Morgan fingerprint density at radius 2 is 2.06 bits per heavy atom. The zero-order chi connectivity index (χ0) is 24.0. The Bertz CT molecular complexity index is 1510. The van der Waals surface area contributed by atoms with Gasteiger partial charge in [-0.05, 0) is 56.2 Å². The van der Waals surface area contributed by atoms with Crippen LogP contribution in [0.25, 0.3) is 22.5 Å². The maximum Gasteiger partial charge on any atom is 0.256 e. The van der Waals surface area contributed by atoms with Crippen molar-refractivity contribution in [3.8, 4) is 17.2 Å². The van der Waals surface area contributed by atoms with E-state index in [1.54, 1.807) is 43.0 Å². The Kier molecular flexibility index (Phi) is 5.40. The summed E-state index contributed by atoms with van der Waals surface area (Å²) in [5.41, 5.74) is 3.39. The SMILES string of the molecule is COc1ccc(C)cc1NC(=O)c1cc(-c2ccco2)nc2c1c(C)nn2C1CCS(=O)(=O)C1. The molecule has 4 aromatic rings. The van der Waals surface area contributed by atoms with Gasteiger partial charge >= 0.3 is 0 Å². The fourth-order valence-electron chi connectivity index (χ4n) is 4.37. The lowest BCUT2D eigenvalue weighted by atomic mass is 10.1. The van der Waals surface area contributed by atoms with Crippen molar-refractivity contribution in [3.05, 3.63) is 59.5 Å². The highest BCUT2D eigenvalue weighted by atomic mass is 32.2. The zero-order valence-electron chi connectivity index (χ0n) is 19.0. The van der Waals surface area contributed by atoms with Gasteiger partial charge in [0.15, 0.2) is 21.2 Å². The second kappa shape index (κ2) is 8.28. The summed E-state index contributed by atoms with van der Waals surface area (Å²) in [5, 5.41) is 8.13. The summed E-state index contributed by atoms with van der Waals surface area (Å²) in [6.07, 6.45) is 1.98. The summed E-state index contributed by atoms with van der Waals surface area (Å²) in [4.78, 5) is 18.3. The van der Waals surface area contributed by atoms with E-state index in [0.717, 1.165) is 5.56 Å². The fraction of sp³-hybridized carbons (Fsp3) is 0.292. The first-order valence-electron chi connectivity index (χ1n) is 10.9. The van der Waals surface area contributed by atoms with Crippen molar-refractivity contribution in [2.75, 3.05) is 23.9 Å². The number of sulfone groups is 1. The van der Waals surface area contributed by atoms with Gasteiger partial charge in [0.1, 0.15) is 11.4 Å². The first kappa shape index (κ1) is 22.1. The average molecular weight is 481 g/mol. The minimum absolute atomic E-state index is 0.00208. The molecule has 34 heavy (non-hydrogen) atoms. The minimum Gasteiger partial charge on any atom is -0.495 e. The van der Waals surface area contributed by atoms with Crippen molar-refractivity contribution in [1.82, 2.24) is 14.8 Å². The lowest BCUT2D eigenvalue weighted by Gasteiger charge is -2.13. The first-order chi connectivity index (χ1) is 16.3. The largest absolute Gasteiger partial charge is 0.495 e. The number of amides is 1. The number of benzene rings is 1. The summed E-state index contributed by atoms with van der Waals surface area (Å²) in [5.74, 6) is 0.785. The zero-order valence-corrected chi connectivity index (χ0v) is 19.8. The van der Waals surface area contributed by atoms with Crippen LogP contribution in [-0.4, -0.2) is 47.7 Å². The number of carbonyl (C=O) groups excluding carboxylic acids is 1.